The van der Waals surface area contributed by atoms with Crippen molar-refractivity contribution in [2.75, 3.05) is 17.1 Å². The van der Waals surface area contributed by atoms with Crippen molar-refractivity contribution >= 4 is 48.3 Å². The fourth-order valence-corrected chi connectivity index (χ4v) is 5.47. The van der Waals surface area contributed by atoms with Gasteiger partial charge in [-0.05, 0) is 48.2 Å². The Bertz CT molecular complexity index is 1410. The Morgan fingerprint density at radius 2 is 1.76 bits per heavy atom. The number of hydrogen-bond acceptors (Lipinski definition) is 6. The van der Waals surface area contributed by atoms with E-state index in [0.29, 0.717) is 38.3 Å². The van der Waals surface area contributed by atoms with E-state index in [-0.39, 0.29) is 10.8 Å². The van der Waals surface area contributed by atoms with Gasteiger partial charge in [-0.15, -0.1) is 0 Å². The molecule has 1 amide bonds. The second-order valence-corrected chi connectivity index (χ2v) is 10.9. The molecule has 1 heterocycles. The van der Waals surface area contributed by atoms with Gasteiger partial charge in [-0.3, -0.25) is 14.8 Å². The molecule has 0 saturated heterocycles. The molecule has 4 rings (SSSR count). The molecule has 0 saturated carbocycles. The van der Waals surface area contributed by atoms with Gasteiger partial charge in [0, 0.05) is 11.6 Å². The minimum absolute atomic E-state index is 0.180. The van der Waals surface area contributed by atoms with Crippen molar-refractivity contribution in [3.63, 3.8) is 0 Å². The van der Waals surface area contributed by atoms with E-state index in [9.17, 15) is 13.2 Å². The third-order valence-corrected chi connectivity index (χ3v) is 7.38. The van der Waals surface area contributed by atoms with Crippen LogP contribution in [0.25, 0.3) is 10.2 Å². The second-order valence-electron chi connectivity index (χ2n) is 8.21. The number of ether oxygens (including phenoxy) is 1. The lowest BCUT2D eigenvalue weighted by Crippen LogP contribution is -2.13. The minimum atomic E-state index is -3.79. The maximum atomic E-state index is 13.0. The van der Waals surface area contributed by atoms with Crippen LogP contribution in [-0.2, 0) is 16.4 Å². The van der Waals surface area contributed by atoms with Gasteiger partial charge in [0.15, 0.2) is 5.13 Å². The van der Waals surface area contributed by atoms with Crippen LogP contribution in [0.5, 0.6) is 5.75 Å². The van der Waals surface area contributed by atoms with Crippen molar-refractivity contribution in [2.24, 2.45) is 5.92 Å². The van der Waals surface area contributed by atoms with Crippen molar-refractivity contribution in [3.8, 4) is 5.75 Å². The third kappa shape index (κ3) is 5.37. The van der Waals surface area contributed by atoms with Crippen molar-refractivity contribution in [1.29, 1.82) is 0 Å². The predicted molar refractivity (Wildman–Crippen MR) is 136 cm³/mol. The highest BCUT2D eigenvalue weighted by Crippen LogP contribution is 2.36. The monoisotopic (exact) mass is 495 g/mol. The van der Waals surface area contributed by atoms with Gasteiger partial charge < -0.3 is 4.74 Å². The zero-order chi connectivity index (χ0) is 24.3. The van der Waals surface area contributed by atoms with Crippen LogP contribution in [0.1, 0.15) is 29.8 Å². The molecule has 0 aliphatic rings. The summed E-state index contributed by atoms with van der Waals surface area (Å²) in [7, 11) is -2.30. The topological polar surface area (TPSA) is 97.4 Å². The molecule has 1 aromatic heterocycles. The summed E-state index contributed by atoms with van der Waals surface area (Å²) in [5.74, 6) is 0.612. The Labute approximate surface area is 202 Å². The number of nitrogens with one attached hydrogen (secondary N) is 2. The molecule has 0 aliphatic carbocycles. The lowest BCUT2D eigenvalue weighted by atomic mass is 10.0. The van der Waals surface area contributed by atoms with Gasteiger partial charge in [0.05, 0.1) is 22.4 Å². The summed E-state index contributed by atoms with van der Waals surface area (Å²) in [6.45, 7) is 4.24. The number of sulfonamides is 1. The second kappa shape index (κ2) is 9.82. The van der Waals surface area contributed by atoms with Crippen LogP contribution < -0.4 is 14.8 Å². The fourth-order valence-electron chi connectivity index (χ4n) is 3.52. The Balaban J connectivity index is 1.58. The SMILES string of the molecule is COc1cc(NS(=O)(=O)c2ccc(CC(C)C)cc2)cc2sc(NC(=O)c3ccccc3)nc12. The average molecular weight is 496 g/mol. The number of nitrogens with zero attached hydrogens (tertiary/aromatic N) is 1. The summed E-state index contributed by atoms with van der Waals surface area (Å²) in [6, 6.07) is 19.0. The molecule has 0 unspecified atom stereocenters. The molecular formula is C25H25N3O4S2. The molecule has 0 spiro atoms. The van der Waals surface area contributed by atoms with Crippen molar-refractivity contribution < 1.29 is 17.9 Å². The molecule has 7 nitrogen and oxygen atoms in total. The van der Waals surface area contributed by atoms with E-state index < -0.39 is 10.0 Å². The summed E-state index contributed by atoms with van der Waals surface area (Å²) in [4.78, 5) is 17.1. The van der Waals surface area contributed by atoms with Crippen molar-refractivity contribution in [2.45, 2.75) is 25.2 Å². The van der Waals surface area contributed by atoms with Gasteiger partial charge in [0.1, 0.15) is 11.3 Å². The van der Waals surface area contributed by atoms with E-state index in [2.05, 4.69) is 28.9 Å². The van der Waals surface area contributed by atoms with Gasteiger partial charge in [-0.2, -0.15) is 0 Å². The highest BCUT2D eigenvalue weighted by molar-refractivity contribution is 7.92. The molecule has 34 heavy (non-hydrogen) atoms. The molecule has 9 heteroatoms. The van der Waals surface area contributed by atoms with Crippen LogP contribution in [-0.4, -0.2) is 26.4 Å². The fraction of sp³-hybridized carbons (Fsp3) is 0.200. The number of hydrogen-bond donors (Lipinski definition) is 2. The first-order valence-corrected chi connectivity index (χ1v) is 13.0. The number of rotatable bonds is 8. The number of benzene rings is 3. The van der Waals surface area contributed by atoms with Crippen LogP contribution in [0.2, 0.25) is 0 Å². The highest BCUT2D eigenvalue weighted by Gasteiger charge is 2.18. The van der Waals surface area contributed by atoms with E-state index in [4.69, 9.17) is 4.74 Å². The molecule has 0 radical (unpaired) electrons. The molecule has 3 aromatic carbocycles. The first kappa shape index (κ1) is 23.7. The first-order chi connectivity index (χ1) is 16.2. The van der Waals surface area contributed by atoms with Crippen LogP contribution in [0.15, 0.2) is 71.6 Å². The minimum Gasteiger partial charge on any atom is -0.494 e. The molecule has 0 atom stereocenters. The van der Waals surface area contributed by atoms with E-state index >= 15 is 0 Å². The van der Waals surface area contributed by atoms with Gasteiger partial charge in [0.25, 0.3) is 15.9 Å². The highest BCUT2D eigenvalue weighted by atomic mass is 32.2. The number of amides is 1. The van der Waals surface area contributed by atoms with E-state index in [1.165, 1.54) is 18.4 Å². The zero-order valence-corrected chi connectivity index (χ0v) is 20.7. The normalized spacial score (nSPS) is 11.5. The molecule has 0 aliphatic heterocycles. The summed E-state index contributed by atoms with van der Waals surface area (Å²) in [5.41, 5.74) is 2.49. The molecule has 0 bridgehead atoms. The average Bonchev–Trinajstić information content (AvgIpc) is 3.21. The van der Waals surface area contributed by atoms with Crippen LogP contribution >= 0.6 is 11.3 Å². The summed E-state index contributed by atoms with van der Waals surface area (Å²) in [6.07, 6.45) is 0.885. The van der Waals surface area contributed by atoms with Gasteiger partial charge in [0.2, 0.25) is 0 Å². The zero-order valence-electron chi connectivity index (χ0n) is 19.0. The maximum absolute atomic E-state index is 13.0. The Hall–Kier alpha value is -3.43. The van der Waals surface area contributed by atoms with Crippen LogP contribution in [0, 0.1) is 5.92 Å². The largest absolute Gasteiger partial charge is 0.494 e. The van der Waals surface area contributed by atoms with E-state index in [0.717, 1.165) is 12.0 Å². The summed E-state index contributed by atoms with van der Waals surface area (Å²) >= 11 is 1.24. The van der Waals surface area contributed by atoms with E-state index in [1.54, 1.807) is 48.5 Å². The van der Waals surface area contributed by atoms with Crippen molar-refractivity contribution in [1.82, 2.24) is 4.98 Å². The number of anilines is 2. The van der Waals surface area contributed by atoms with Crippen LogP contribution in [0.3, 0.4) is 0 Å². The van der Waals surface area contributed by atoms with Gasteiger partial charge >= 0.3 is 0 Å². The number of fused-ring (bicyclic) bond motifs is 1. The van der Waals surface area contributed by atoms with Gasteiger partial charge in [-0.25, -0.2) is 13.4 Å². The molecule has 176 valence electrons. The number of thiazole rings is 1. The lowest BCUT2D eigenvalue weighted by molar-refractivity contribution is 0.102. The first-order valence-electron chi connectivity index (χ1n) is 10.7. The molecule has 0 fully saturated rings. The number of carbonyl (C=O) groups is 1. The number of aromatic nitrogens is 1. The Morgan fingerprint density at radius 3 is 2.41 bits per heavy atom. The summed E-state index contributed by atoms with van der Waals surface area (Å²) < 4.78 is 34.7. The molecular weight excluding hydrogens is 470 g/mol. The Morgan fingerprint density at radius 1 is 1.06 bits per heavy atom. The Kier molecular flexibility index (Phi) is 6.85. The number of carbonyl (C=O) groups excluding carboxylic acids is 1. The summed E-state index contributed by atoms with van der Waals surface area (Å²) in [5, 5.41) is 3.18. The third-order valence-electron chi connectivity index (χ3n) is 5.07. The quantitative estimate of drug-likeness (QED) is 0.334. The van der Waals surface area contributed by atoms with Crippen molar-refractivity contribution in [3.05, 3.63) is 77.9 Å². The maximum Gasteiger partial charge on any atom is 0.261 e. The van der Waals surface area contributed by atoms with Gasteiger partial charge in [-0.1, -0.05) is 55.5 Å². The number of methoxy groups -OCH3 is 1. The predicted octanol–water partition coefficient (Wildman–Crippen LogP) is 5.56. The van der Waals surface area contributed by atoms with E-state index in [1.807, 2.05) is 18.2 Å². The standard InChI is InChI=1S/C25H25N3O4S2/c1-16(2)13-17-9-11-20(12-10-17)34(30,31)28-19-14-21(32-3)23-22(15-19)33-25(26-23)27-24(29)18-7-5-4-6-8-18/h4-12,14-16,28H,13H2,1-3H3,(H,26,27,29). The smallest absolute Gasteiger partial charge is 0.261 e. The van der Waals surface area contributed by atoms with Crippen LogP contribution in [0.4, 0.5) is 10.8 Å². The molecule has 4 aromatic rings. The molecule has 2 N–H and O–H groups in total. The lowest BCUT2D eigenvalue weighted by Gasteiger charge is -2.11.